The summed E-state index contributed by atoms with van der Waals surface area (Å²) in [5.74, 6) is 0. The van der Waals surface area contributed by atoms with E-state index >= 15 is 0 Å². The lowest BCUT2D eigenvalue weighted by Crippen LogP contribution is -2.46. The molecule has 4 heteroatoms. The van der Waals surface area contributed by atoms with Gasteiger partial charge < -0.3 is 15.8 Å². The Morgan fingerprint density at radius 1 is 1.53 bits per heavy atom. The molecule has 1 rings (SSSR count). The van der Waals surface area contributed by atoms with Gasteiger partial charge in [-0.2, -0.15) is 0 Å². The van der Waals surface area contributed by atoms with E-state index in [1.165, 1.54) is 0 Å². The van der Waals surface area contributed by atoms with Crippen LogP contribution in [0.2, 0.25) is 0 Å². The minimum Gasteiger partial charge on any atom is -0.382 e. The summed E-state index contributed by atoms with van der Waals surface area (Å²) in [7, 11) is 1.68. The van der Waals surface area contributed by atoms with E-state index in [0.717, 1.165) is 10.2 Å². The molecule has 0 aliphatic carbocycles. The molecule has 1 unspecified atom stereocenters. The number of hydrogen-bond donors (Lipinski definition) is 2. The molecule has 0 heterocycles. The van der Waals surface area contributed by atoms with Gasteiger partial charge in [0.2, 0.25) is 0 Å². The number of ether oxygens (including phenoxy) is 1. The van der Waals surface area contributed by atoms with Crippen molar-refractivity contribution in [2.24, 2.45) is 5.73 Å². The van der Waals surface area contributed by atoms with Crippen molar-refractivity contribution in [1.29, 1.82) is 0 Å². The number of anilines is 1. The largest absolute Gasteiger partial charge is 0.382 e. The van der Waals surface area contributed by atoms with Crippen molar-refractivity contribution < 1.29 is 4.74 Å². The number of rotatable bonds is 5. The van der Waals surface area contributed by atoms with Gasteiger partial charge in [0, 0.05) is 23.8 Å². The molecule has 1 atom stereocenters. The summed E-state index contributed by atoms with van der Waals surface area (Å²) in [6.45, 7) is 3.14. The first-order valence-electron chi connectivity index (χ1n) is 4.82. The van der Waals surface area contributed by atoms with Crippen LogP contribution in [0.4, 0.5) is 5.69 Å². The molecule has 3 nitrogen and oxygen atoms in total. The molecular formula is C11H17BrN2O. The molecule has 1 aromatic carbocycles. The van der Waals surface area contributed by atoms with E-state index in [1.807, 2.05) is 31.2 Å². The number of nitrogens with two attached hydrogens (primary N) is 1. The third kappa shape index (κ3) is 3.81. The molecule has 3 N–H and O–H groups in total. The van der Waals surface area contributed by atoms with Gasteiger partial charge in [-0.3, -0.25) is 0 Å². The molecule has 0 saturated carbocycles. The average molecular weight is 273 g/mol. The van der Waals surface area contributed by atoms with E-state index < -0.39 is 0 Å². The summed E-state index contributed by atoms with van der Waals surface area (Å²) in [6.07, 6.45) is 0. The third-order valence-electron chi connectivity index (χ3n) is 2.18. The monoisotopic (exact) mass is 272 g/mol. The maximum absolute atomic E-state index is 5.72. The van der Waals surface area contributed by atoms with Crippen molar-refractivity contribution in [3.8, 4) is 0 Å². The topological polar surface area (TPSA) is 47.3 Å². The van der Waals surface area contributed by atoms with Crippen LogP contribution in [0.1, 0.15) is 6.92 Å². The molecule has 0 aromatic heterocycles. The average Bonchev–Trinajstić information content (AvgIpc) is 2.18. The number of hydrogen-bond acceptors (Lipinski definition) is 3. The maximum atomic E-state index is 5.72. The van der Waals surface area contributed by atoms with Crippen LogP contribution < -0.4 is 11.1 Å². The Labute approximate surface area is 99.1 Å². The van der Waals surface area contributed by atoms with Crippen LogP contribution >= 0.6 is 15.9 Å². The fourth-order valence-electron chi connectivity index (χ4n) is 1.38. The standard InChI is InChI=1S/C11H17BrN2O/c1-11(7-13,8-15-2)14-10-5-3-4-9(12)6-10/h3-6,14H,7-8,13H2,1-2H3. The molecule has 0 radical (unpaired) electrons. The summed E-state index contributed by atoms with van der Waals surface area (Å²) in [4.78, 5) is 0. The van der Waals surface area contributed by atoms with Gasteiger partial charge in [-0.05, 0) is 25.1 Å². The van der Waals surface area contributed by atoms with Crippen molar-refractivity contribution in [2.45, 2.75) is 12.5 Å². The SMILES string of the molecule is COCC(C)(CN)Nc1cccc(Br)c1. The lowest BCUT2D eigenvalue weighted by Gasteiger charge is -2.29. The molecule has 15 heavy (non-hydrogen) atoms. The molecule has 0 saturated heterocycles. The first kappa shape index (κ1) is 12.5. The zero-order chi connectivity index (χ0) is 11.3. The van der Waals surface area contributed by atoms with Gasteiger partial charge in [0.25, 0.3) is 0 Å². The Hall–Kier alpha value is -0.580. The second-order valence-corrected chi connectivity index (χ2v) is 4.75. The van der Waals surface area contributed by atoms with Crippen molar-refractivity contribution in [3.63, 3.8) is 0 Å². The molecule has 84 valence electrons. The van der Waals surface area contributed by atoms with Crippen molar-refractivity contribution in [2.75, 3.05) is 25.6 Å². The quantitative estimate of drug-likeness (QED) is 0.864. The highest BCUT2D eigenvalue weighted by atomic mass is 79.9. The van der Waals surface area contributed by atoms with Crippen molar-refractivity contribution in [3.05, 3.63) is 28.7 Å². The highest BCUT2D eigenvalue weighted by Gasteiger charge is 2.21. The Morgan fingerprint density at radius 2 is 2.27 bits per heavy atom. The van der Waals surface area contributed by atoms with Crippen molar-refractivity contribution >= 4 is 21.6 Å². The van der Waals surface area contributed by atoms with Crippen LogP contribution in [0.5, 0.6) is 0 Å². The predicted molar refractivity (Wildman–Crippen MR) is 67.1 cm³/mol. The van der Waals surface area contributed by atoms with Crippen LogP contribution in [0.15, 0.2) is 28.7 Å². The highest BCUT2D eigenvalue weighted by molar-refractivity contribution is 9.10. The lowest BCUT2D eigenvalue weighted by molar-refractivity contribution is 0.153. The van der Waals surface area contributed by atoms with Crippen LogP contribution in [-0.2, 0) is 4.74 Å². The number of halogens is 1. The molecule has 0 fully saturated rings. The summed E-state index contributed by atoms with van der Waals surface area (Å²) < 4.78 is 6.19. The second kappa shape index (κ2) is 5.49. The first-order valence-corrected chi connectivity index (χ1v) is 5.62. The fraction of sp³-hybridized carbons (Fsp3) is 0.455. The summed E-state index contributed by atoms with van der Waals surface area (Å²) in [5.41, 5.74) is 6.53. The second-order valence-electron chi connectivity index (χ2n) is 3.83. The van der Waals surface area contributed by atoms with E-state index in [1.54, 1.807) is 7.11 Å². The number of nitrogens with one attached hydrogen (secondary N) is 1. The summed E-state index contributed by atoms with van der Waals surface area (Å²) >= 11 is 3.43. The summed E-state index contributed by atoms with van der Waals surface area (Å²) in [5, 5.41) is 3.37. The molecular weight excluding hydrogens is 256 g/mol. The molecule has 0 aliphatic heterocycles. The van der Waals surface area contributed by atoms with E-state index in [4.69, 9.17) is 10.5 Å². The smallest absolute Gasteiger partial charge is 0.0702 e. The maximum Gasteiger partial charge on any atom is 0.0702 e. The van der Waals surface area contributed by atoms with Crippen LogP contribution in [0.25, 0.3) is 0 Å². The van der Waals surface area contributed by atoms with Crippen LogP contribution in [0, 0.1) is 0 Å². The van der Waals surface area contributed by atoms with Gasteiger partial charge in [-0.1, -0.05) is 22.0 Å². The van der Waals surface area contributed by atoms with Crippen molar-refractivity contribution in [1.82, 2.24) is 0 Å². The Balaban J connectivity index is 2.74. The number of methoxy groups -OCH3 is 1. The van der Waals surface area contributed by atoms with E-state index in [0.29, 0.717) is 13.2 Å². The van der Waals surface area contributed by atoms with Crippen LogP contribution in [-0.4, -0.2) is 25.8 Å². The molecule has 0 spiro atoms. The Bertz CT molecular complexity index is 319. The molecule has 0 amide bonds. The zero-order valence-electron chi connectivity index (χ0n) is 9.09. The third-order valence-corrected chi connectivity index (χ3v) is 2.68. The molecule has 0 aliphatic rings. The minimum atomic E-state index is -0.227. The first-order chi connectivity index (χ1) is 7.09. The number of benzene rings is 1. The highest BCUT2D eigenvalue weighted by Crippen LogP contribution is 2.19. The zero-order valence-corrected chi connectivity index (χ0v) is 10.7. The van der Waals surface area contributed by atoms with E-state index in [9.17, 15) is 0 Å². The Kier molecular flexibility index (Phi) is 4.57. The van der Waals surface area contributed by atoms with Gasteiger partial charge in [-0.25, -0.2) is 0 Å². The minimum absolute atomic E-state index is 0.227. The van der Waals surface area contributed by atoms with Crippen LogP contribution in [0.3, 0.4) is 0 Å². The summed E-state index contributed by atoms with van der Waals surface area (Å²) in [6, 6.07) is 8.00. The Morgan fingerprint density at radius 3 is 2.80 bits per heavy atom. The fourth-order valence-corrected chi connectivity index (χ4v) is 1.78. The molecule has 0 bridgehead atoms. The van der Waals surface area contributed by atoms with Gasteiger partial charge in [-0.15, -0.1) is 0 Å². The normalized spacial score (nSPS) is 14.7. The van der Waals surface area contributed by atoms with Gasteiger partial charge in [0.1, 0.15) is 0 Å². The predicted octanol–water partition coefficient (Wildman–Crippen LogP) is 2.22. The van der Waals surface area contributed by atoms with Gasteiger partial charge in [0.15, 0.2) is 0 Å². The van der Waals surface area contributed by atoms with E-state index in [2.05, 4.69) is 21.2 Å². The van der Waals surface area contributed by atoms with Gasteiger partial charge >= 0.3 is 0 Å². The van der Waals surface area contributed by atoms with Gasteiger partial charge in [0.05, 0.1) is 12.1 Å². The lowest BCUT2D eigenvalue weighted by atomic mass is 10.0. The molecule has 1 aromatic rings. The van der Waals surface area contributed by atoms with E-state index in [-0.39, 0.29) is 5.54 Å².